The highest BCUT2D eigenvalue weighted by Crippen LogP contribution is 2.27. The van der Waals surface area contributed by atoms with Crippen molar-refractivity contribution >= 4 is 35.2 Å². The fourth-order valence-corrected chi connectivity index (χ4v) is 14.7. The second-order valence-electron chi connectivity index (χ2n) is 19.1. The van der Waals surface area contributed by atoms with Gasteiger partial charge < -0.3 is 122 Å². The lowest BCUT2D eigenvalue weighted by atomic mass is 10.4. The lowest BCUT2D eigenvalue weighted by molar-refractivity contribution is -0.0829. The summed E-state index contributed by atoms with van der Waals surface area (Å²) in [6.07, 6.45) is -1.64. The zero-order chi connectivity index (χ0) is 58.0. The molecule has 0 amide bonds. The van der Waals surface area contributed by atoms with Gasteiger partial charge in [-0.2, -0.15) is 0 Å². The maximum atomic E-state index is 10.3. The zero-order valence-corrected chi connectivity index (χ0v) is 52.7. The first-order valence-corrected chi connectivity index (χ1v) is 34.9. The largest absolute Gasteiger partial charge is 0.503 e. The van der Waals surface area contributed by atoms with E-state index in [1.54, 1.807) is 0 Å². The Labute approximate surface area is 469 Å². The van der Waals surface area contributed by atoms with Crippen molar-refractivity contribution in [1.29, 1.82) is 0 Å². The van der Waals surface area contributed by atoms with Gasteiger partial charge in [-0.3, -0.25) is 0 Å². The number of aliphatic hydroxyl groups is 4. The van der Waals surface area contributed by atoms with Crippen molar-refractivity contribution in [3.8, 4) is 0 Å². The van der Waals surface area contributed by atoms with Gasteiger partial charge in [0.15, 0.2) is 0 Å². The van der Waals surface area contributed by atoms with E-state index in [1.165, 1.54) is 0 Å². The molecular formula is C48H104O26Si4. The van der Waals surface area contributed by atoms with E-state index in [2.05, 4.69) is 0 Å². The summed E-state index contributed by atoms with van der Waals surface area (Å²) in [6.45, 7) is 29.5. The monoisotopic (exact) mass is 1210 g/mol. The van der Waals surface area contributed by atoms with E-state index in [0.29, 0.717) is 119 Å². The van der Waals surface area contributed by atoms with Crippen LogP contribution in [0.4, 0.5) is 0 Å². The SMILES string of the molecule is CC(C)[Si]1(O)OCCOCC(O)COCCO1.CC(C)[Si]1(O)OCCOCC(OCCO)COCCO1.CCO[Si]1(C(C)C)OCCOCC(O)COCCO1.CCO[Si]1(C(C)C)OCCOCC(OCCO)COCCO1. The molecule has 0 aromatic heterocycles. The van der Waals surface area contributed by atoms with Crippen LogP contribution in [0.25, 0.3) is 0 Å². The molecule has 0 saturated carbocycles. The van der Waals surface area contributed by atoms with Gasteiger partial charge in [0.2, 0.25) is 0 Å². The summed E-state index contributed by atoms with van der Waals surface area (Å²) in [6, 6.07) is 0. The molecule has 4 saturated heterocycles. The zero-order valence-electron chi connectivity index (χ0n) is 48.7. The summed E-state index contributed by atoms with van der Waals surface area (Å²) >= 11 is 0. The van der Waals surface area contributed by atoms with Gasteiger partial charge in [-0.15, -0.1) is 0 Å². The molecule has 0 atom stereocenters. The number of hydrogen-bond acceptors (Lipinski definition) is 26. The highest BCUT2D eigenvalue weighted by atomic mass is 28.4. The van der Waals surface area contributed by atoms with Crippen molar-refractivity contribution < 1.29 is 122 Å². The molecule has 0 aromatic carbocycles. The predicted octanol–water partition coefficient (Wildman–Crippen LogP) is 1.20. The average Bonchev–Trinajstić information content (AvgIpc) is 3.38. The fourth-order valence-electron chi connectivity index (χ4n) is 6.92. The molecule has 0 aromatic rings. The summed E-state index contributed by atoms with van der Waals surface area (Å²) in [5.41, 5.74) is 0.235. The quantitative estimate of drug-likeness (QED) is 0.133. The molecule has 4 rings (SSSR count). The van der Waals surface area contributed by atoms with Gasteiger partial charge in [-0.05, 0) is 13.8 Å². The molecule has 4 aliphatic heterocycles. The maximum Gasteiger partial charge on any atom is 0.503 e. The second-order valence-corrected chi connectivity index (χ2v) is 31.5. The van der Waals surface area contributed by atoms with Crippen LogP contribution in [0.15, 0.2) is 0 Å². The van der Waals surface area contributed by atoms with Crippen molar-refractivity contribution in [3.63, 3.8) is 0 Å². The van der Waals surface area contributed by atoms with Crippen LogP contribution in [0.1, 0.15) is 69.2 Å². The van der Waals surface area contributed by atoms with Crippen molar-refractivity contribution in [2.75, 3.05) is 198 Å². The van der Waals surface area contributed by atoms with Crippen LogP contribution in [0.3, 0.4) is 0 Å². The molecule has 6 N–H and O–H groups in total. The van der Waals surface area contributed by atoms with Gasteiger partial charge in [0, 0.05) is 35.4 Å². The fraction of sp³-hybridized carbons (Fsp3) is 1.00. The minimum absolute atomic E-state index is 0.0143. The first kappa shape index (κ1) is 75.8. The van der Waals surface area contributed by atoms with Crippen LogP contribution in [-0.4, -0.2) is 288 Å². The van der Waals surface area contributed by atoms with Crippen molar-refractivity contribution in [1.82, 2.24) is 0 Å². The third-order valence-corrected chi connectivity index (χ3v) is 23.2. The summed E-state index contributed by atoms with van der Waals surface area (Å²) in [5.74, 6) is 0. The molecule has 26 nitrogen and oxygen atoms in total. The van der Waals surface area contributed by atoms with E-state index >= 15 is 0 Å². The Bertz CT molecular complexity index is 1320. The highest BCUT2D eigenvalue weighted by molar-refractivity contribution is 6.63. The summed E-state index contributed by atoms with van der Waals surface area (Å²) in [7, 11) is -11.7. The van der Waals surface area contributed by atoms with Crippen molar-refractivity contribution in [2.24, 2.45) is 0 Å². The highest BCUT2D eigenvalue weighted by Gasteiger charge is 2.46. The maximum absolute atomic E-state index is 10.3. The Morgan fingerprint density at radius 1 is 0.359 bits per heavy atom. The first-order valence-electron chi connectivity index (χ1n) is 27.6. The Morgan fingerprint density at radius 2 is 0.590 bits per heavy atom. The average molecular weight is 1210 g/mol. The van der Waals surface area contributed by atoms with Crippen molar-refractivity contribution in [3.05, 3.63) is 0 Å². The molecule has 4 heterocycles. The summed E-state index contributed by atoms with van der Waals surface area (Å²) < 4.78 is 111. The molecular weight excluding hydrogens is 1100 g/mol. The molecule has 468 valence electrons. The molecule has 0 unspecified atom stereocenters. The van der Waals surface area contributed by atoms with Gasteiger partial charge in [-0.25, -0.2) is 0 Å². The van der Waals surface area contributed by atoms with Gasteiger partial charge in [0.05, 0.1) is 185 Å². The van der Waals surface area contributed by atoms with Gasteiger partial charge in [0.25, 0.3) is 0 Å². The topological polar surface area (TPSA) is 306 Å². The lowest BCUT2D eigenvalue weighted by Gasteiger charge is -2.33. The minimum Gasteiger partial charge on any atom is -0.394 e. The number of hydrogen-bond donors (Lipinski definition) is 6. The predicted molar refractivity (Wildman–Crippen MR) is 291 cm³/mol. The first-order chi connectivity index (χ1) is 37.4. The Balaban J connectivity index is 0.000000522. The molecule has 0 aliphatic carbocycles. The van der Waals surface area contributed by atoms with Crippen LogP contribution in [0.5, 0.6) is 0 Å². The molecule has 4 fully saturated rings. The third-order valence-electron chi connectivity index (χ3n) is 11.2. The van der Waals surface area contributed by atoms with E-state index < -0.39 is 47.4 Å². The van der Waals surface area contributed by atoms with E-state index in [0.717, 1.165) is 0 Å². The Morgan fingerprint density at radius 3 is 0.795 bits per heavy atom. The van der Waals surface area contributed by atoms with Crippen LogP contribution in [0.2, 0.25) is 22.2 Å². The molecule has 0 spiro atoms. The molecule has 0 bridgehead atoms. The molecule has 0 radical (unpaired) electrons. The van der Waals surface area contributed by atoms with Crippen molar-refractivity contribution in [2.45, 2.75) is 116 Å². The van der Waals surface area contributed by atoms with Crippen LogP contribution < -0.4 is 0 Å². The minimum atomic E-state index is -3.15. The standard InChI is InChI=1S/C14H30O7Si.C12H26O7Si.C12H26O6Si.C10H22O6Si/c1-4-19-22(13(2)3)20-9-7-16-11-14(18-6-5-15)12-17-8-10-21-22;1-11(2)20(14)18-7-5-15-9-12(17-4-3-13)10-16-6-8-19-20;1-4-16-19(11(2)3)17-7-5-14-9-12(13)10-15-6-8-18-19;1-9(2)17(12)15-5-3-13-7-10(11)8-14-4-6-16-17/h13-15H,4-12H2,1-3H3;11-14H,3-10H2,1-2H3;11-13H,4-10H2,1-3H3;9-12H,3-8H2,1-2H3. The molecule has 30 heteroatoms. The van der Waals surface area contributed by atoms with E-state index in [4.69, 9.17) is 102 Å². The normalized spacial score (nSPS) is 31.2. The number of rotatable bonds is 14. The van der Waals surface area contributed by atoms with Gasteiger partial charge >= 0.3 is 35.2 Å². The van der Waals surface area contributed by atoms with E-state index in [-0.39, 0.29) is 114 Å². The van der Waals surface area contributed by atoms with Crippen LogP contribution in [-0.2, 0) is 91.6 Å². The molecule has 4 aliphatic rings. The van der Waals surface area contributed by atoms with Gasteiger partial charge in [0.1, 0.15) is 24.4 Å². The smallest absolute Gasteiger partial charge is 0.394 e. The Hall–Kier alpha value is -0.172. The third kappa shape index (κ3) is 34.0. The van der Waals surface area contributed by atoms with E-state index in [9.17, 15) is 19.8 Å². The van der Waals surface area contributed by atoms with Gasteiger partial charge in [-0.1, -0.05) is 55.4 Å². The summed E-state index contributed by atoms with van der Waals surface area (Å²) in [4.78, 5) is 20.5. The number of ether oxygens (including phenoxy) is 10. The lowest BCUT2D eigenvalue weighted by Crippen LogP contribution is -2.50. The van der Waals surface area contributed by atoms with Crippen LogP contribution in [0, 0.1) is 0 Å². The van der Waals surface area contributed by atoms with Crippen LogP contribution >= 0.6 is 0 Å². The summed E-state index contributed by atoms with van der Waals surface area (Å²) in [5, 5.41) is 36.5. The molecule has 78 heavy (non-hydrogen) atoms. The second kappa shape index (κ2) is 46.2. The van der Waals surface area contributed by atoms with E-state index in [1.807, 2.05) is 69.2 Å². The number of aliphatic hydroxyl groups excluding tert-OH is 4. The Kier molecular flexibility index (Phi) is 44.9.